The van der Waals surface area contributed by atoms with E-state index in [-0.39, 0.29) is 22.3 Å². The normalized spacial score (nSPS) is 14.4. The lowest BCUT2D eigenvalue weighted by Crippen LogP contribution is -2.45. The van der Waals surface area contributed by atoms with Gasteiger partial charge in [0.2, 0.25) is 0 Å². The van der Waals surface area contributed by atoms with Gasteiger partial charge in [-0.3, -0.25) is 18.7 Å². The Morgan fingerprint density at radius 3 is 2.31 bits per heavy atom. The number of hydrogen-bond donors (Lipinski definition) is 1. The minimum Gasteiger partial charge on any atom is -0.317 e. The quantitative estimate of drug-likeness (QED) is 0.384. The standard InChI is InChI=1S/C28H28ClFN4O2/c1-3-17-8-7-9-18(4-2)25(17)34-26-23(33(27(35)28(34)36)19-12-14-31-15-13-19)16-21(29)24(32-26)20-10-5-6-11-22(20)30/h5-11,16,19,31H,3-4,12-15H2,1-2H3. The largest absolute Gasteiger partial charge is 0.322 e. The number of benzene rings is 2. The third-order valence-corrected chi connectivity index (χ3v) is 7.29. The summed E-state index contributed by atoms with van der Waals surface area (Å²) in [7, 11) is 0. The van der Waals surface area contributed by atoms with Gasteiger partial charge in [0.25, 0.3) is 0 Å². The topological polar surface area (TPSA) is 68.9 Å². The molecule has 1 N–H and O–H groups in total. The molecule has 6 nitrogen and oxygen atoms in total. The Morgan fingerprint density at radius 2 is 1.67 bits per heavy atom. The zero-order valence-corrected chi connectivity index (χ0v) is 21.1. The maximum Gasteiger partial charge on any atom is 0.322 e. The maximum absolute atomic E-state index is 14.8. The fraction of sp³-hybridized carbons (Fsp3) is 0.321. The van der Waals surface area contributed by atoms with Crippen LogP contribution in [0.4, 0.5) is 4.39 Å². The molecule has 1 aliphatic rings. The Kier molecular flexibility index (Phi) is 6.77. The van der Waals surface area contributed by atoms with Crippen molar-refractivity contribution in [3.05, 3.63) is 91.2 Å². The molecule has 3 heterocycles. The molecule has 8 heteroatoms. The van der Waals surface area contributed by atoms with Gasteiger partial charge in [-0.2, -0.15) is 0 Å². The molecular weight excluding hydrogens is 479 g/mol. The Hall–Kier alpha value is -3.29. The first-order valence-corrected chi connectivity index (χ1v) is 12.8. The van der Waals surface area contributed by atoms with Gasteiger partial charge in [0.15, 0.2) is 5.65 Å². The van der Waals surface area contributed by atoms with Crippen molar-refractivity contribution in [1.29, 1.82) is 0 Å². The maximum atomic E-state index is 14.8. The molecule has 4 aromatic rings. The summed E-state index contributed by atoms with van der Waals surface area (Å²) >= 11 is 6.68. The van der Waals surface area contributed by atoms with Gasteiger partial charge in [0.05, 0.1) is 21.9 Å². The van der Waals surface area contributed by atoms with Gasteiger partial charge in [-0.25, -0.2) is 9.37 Å². The third-order valence-electron chi connectivity index (χ3n) is 7.00. The van der Waals surface area contributed by atoms with Gasteiger partial charge in [0.1, 0.15) is 5.82 Å². The zero-order chi connectivity index (χ0) is 25.4. The van der Waals surface area contributed by atoms with Crippen LogP contribution in [0.3, 0.4) is 0 Å². The summed E-state index contributed by atoms with van der Waals surface area (Å²) in [6.45, 7) is 5.51. The summed E-state index contributed by atoms with van der Waals surface area (Å²) in [6.07, 6.45) is 2.75. The minimum atomic E-state index is -0.661. The van der Waals surface area contributed by atoms with Crippen LogP contribution in [-0.4, -0.2) is 27.2 Å². The van der Waals surface area contributed by atoms with Crippen molar-refractivity contribution >= 4 is 22.8 Å². The lowest BCUT2D eigenvalue weighted by molar-refractivity contribution is 0.366. The number of aryl methyl sites for hydroxylation is 2. The molecule has 36 heavy (non-hydrogen) atoms. The fourth-order valence-electron chi connectivity index (χ4n) is 5.19. The van der Waals surface area contributed by atoms with E-state index in [1.54, 1.807) is 28.8 Å². The van der Waals surface area contributed by atoms with E-state index in [0.29, 0.717) is 42.5 Å². The highest BCUT2D eigenvalue weighted by molar-refractivity contribution is 6.33. The number of rotatable bonds is 5. The molecule has 0 atom stereocenters. The molecule has 1 saturated heterocycles. The third kappa shape index (κ3) is 4.06. The molecule has 1 aliphatic heterocycles. The summed E-state index contributed by atoms with van der Waals surface area (Å²) < 4.78 is 17.8. The summed E-state index contributed by atoms with van der Waals surface area (Å²) in [5.41, 5.74) is 2.52. The van der Waals surface area contributed by atoms with Gasteiger partial charge in [-0.05, 0) is 68.1 Å². The number of nitrogens with zero attached hydrogens (tertiary/aromatic N) is 3. The van der Waals surface area contributed by atoms with E-state index in [1.165, 1.54) is 10.6 Å². The van der Waals surface area contributed by atoms with Crippen LogP contribution in [0.5, 0.6) is 0 Å². The first-order valence-electron chi connectivity index (χ1n) is 12.4. The van der Waals surface area contributed by atoms with E-state index in [2.05, 4.69) is 5.32 Å². The Bertz CT molecular complexity index is 1550. The van der Waals surface area contributed by atoms with Crippen molar-refractivity contribution in [2.75, 3.05) is 13.1 Å². The van der Waals surface area contributed by atoms with Crippen molar-refractivity contribution in [1.82, 2.24) is 19.4 Å². The predicted molar refractivity (Wildman–Crippen MR) is 142 cm³/mol. The van der Waals surface area contributed by atoms with Gasteiger partial charge in [0, 0.05) is 11.6 Å². The van der Waals surface area contributed by atoms with Gasteiger partial charge in [-0.15, -0.1) is 0 Å². The van der Waals surface area contributed by atoms with Gasteiger partial charge >= 0.3 is 11.1 Å². The van der Waals surface area contributed by atoms with E-state index in [1.807, 2.05) is 32.0 Å². The highest BCUT2D eigenvalue weighted by Gasteiger charge is 2.26. The van der Waals surface area contributed by atoms with Crippen LogP contribution < -0.4 is 16.4 Å². The average molecular weight is 507 g/mol. The SMILES string of the molecule is CCc1cccc(CC)c1-n1c(=O)c(=O)n(C2CCNCC2)c2cc(Cl)c(-c3ccccc3F)nc21. The molecule has 0 aliphatic carbocycles. The second-order valence-electron chi connectivity index (χ2n) is 9.07. The molecule has 5 rings (SSSR count). The van der Waals surface area contributed by atoms with Crippen LogP contribution in [-0.2, 0) is 12.8 Å². The molecule has 0 amide bonds. The molecule has 0 unspecified atom stereocenters. The second kappa shape index (κ2) is 9.99. The molecule has 1 fully saturated rings. The average Bonchev–Trinajstić information content (AvgIpc) is 2.90. The zero-order valence-electron chi connectivity index (χ0n) is 20.4. The monoisotopic (exact) mass is 506 g/mol. The van der Waals surface area contributed by atoms with Crippen LogP contribution in [0.15, 0.2) is 58.1 Å². The van der Waals surface area contributed by atoms with E-state index in [0.717, 1.165) is 24.2 Å². The van der Waals surface area contributed by atoms with E-state index in [9.17, 15) is 14.0 Å². The smallest absolute Gasteiger partial charge is 0.317 e. The van der Waals surface area contributed by atoms with Crippen LogP contribution in [0, 0.1) is 5.82 Å². The van der Waals surface area contributed by atoms with E-state index < -0.39 is 16.9 Å². The second-order valence-corrected chi connectivity index (χ2v) is 9.48. The lowest BCUT2D eigenvalue weighted by atomic mass is 10.0. The number of piperidine rings is 1. The van der Waals surface area contributed by atoms with Crippen molar-refractivity contribution < 1.29 is 4.39 Å². The highest BCUT2D eigenvalue weighted by Crippen LogP contribution is 2.33. The summed E-state index contributed by atoms with van der Waals surface area (Å²) in [5.74, 6) is -0.463. The number of pyridine rings is 1. The summed E-state index contributed by atoms with van der Waals surface area (Å²) in [5, 5.41) is 3.52. The molecule has 0 radical (unpaired) electrons. The van der Waals surface area contributed by atoms with Crippen LogP contribution >= 0.6 is 11.6 Å². The minimum absolute atomic E-state index is 0.159. The summed E-state index contributed by atoms with van der Waals surface area (Å²) in [6, 6.07) is 13.6. The Balaban J connectivity index is 1.95. The van der Waals surface area contributed by atoms with Crippen molar-refractivity contribution in [2.24, 2.45) is 0 Å². The summed E-state index contributed by atoms with van der Waals surface area (Å²) in [4.78, 5) is 32.3. The van der Waals surface area contributed by atoms with Gasteiger partial charge in [-0.1, -0.05) is 55.8 Å². The number of aromatic nitrogens is 3. The van der Waals surface area contributed by atoms with Crippen LogP contribution in [0.2, 0.25) is 5.02 Å². The first-order chi connectivity index (χ1) is 17.5. The number of hydrogen-bond acceptors (Lipinski definition) is 4. The predicted octanol–water partition coefficient (Wildman–Crippen LogP) is 5.06. The lowest BCUT2D eigenvalue weighted by Gasteiger charge is -2.27. The number of para-hydroxylation sites is 1. The van der Waals surface area contributed by atoms with Crippen molar-refractivity contribution in [2.45, 2.75) is 45.6 Å². The molecule has 2 aromatic carbocycles. The Labute approximate surface area is 213 Å². The molecule has 0 bridgehead atoms. The van der Waals surface area contributed by atoms with Crippen LogP contribution in [0.1, 0.15) is 43.9 Å². The number of fused-ring (bicyclic) bond motifs is 1. The number of halogens is 2. The first kappa shape index (κ1) is 24.4. The van der Waals surface area contributed by atoms with Crippen LogP contribution in [0.25, 0.3) is 28.1 Å². The van der Waals surface area contributed by atoms with Crippen molar-refractivity contribution in [3.8, 4) is 16.9 Å². The Morgan fingerprint density at radius 1 is 1.00 bits per heavy atom. The molecule has 186 valence electrons. The number of nitrogens with one attached hydrogen (secondary N) is 1. The molecule has 0 spiro atoms. The van der Waals surface area contributed by atoms with E-state index >= 15 is 0 Å². The molecular formula is C28H28ClFN4O2. The molecule has 2 aromatic heterocycles. The van der Waals surface area contributed by atoms with Crippen molar-refractivity contribution in [3.63, 3.8) is 0 Å². The highest BCUT2D eigenvalue weighted by atomic mass is 35.5. The molecule has 0 saturated carbocycles. The fourth-order valence-corrected chi connectivity index (χ4v) is 5.44. The van der Waals surface area contributed by atoms with Gasteiger partial charge < -0.3 is 5.32 Å². The van der Waals surface area contributed by atoms with E-state index in [4.69, 9.17) is 16.6 Å².